The molecule has 0 radical (unpaired) electrons. The Labute approximate surface area is 186 Å². The molecule has 1 aliphatic carbocycles. The number of carbonyl (C=O) groups is 3. The summed E-state index contributed by atoms with van der Waals surface area (Å²) in [5.74, 6) is 0.680. The number of hydrogen-bond donors (Lipinski definition) is 1. The summed E-state index contributed by atoms with van der Waals surface area (Å²) in [5.41, 5.74) is 1.43. The van der Waals surface area contributed by atoms with Gasteiger partial charge in [-0.3, -0.25) is 19.7 Å². The van der Waals surface area contributed by atoms with Gasteiger partial charge >= 0.3 is 0 Å². The van der Waals surface area contributed by atoms with E-state index in [4.69, 9.17) is 9.47 Å². The molecule has 5 rings (SSSR count). The first kappa shape index (κ1) is 20.5. The molecule has 1 unspecified atom stereocenters. The molecule has 166 valence electrons. The van der Waals surface area contributed by atoms with Crippen molar-refractivity contribution in [2.75, 3.05) is 0 Å². The highest BCUT2D eigenvalue weighted by atomic mass is 16.5. The van der Waals surface area contributed by atoms with Crippen LogP contribution in [0, 0.1) is 0 Å². The van der Waals surface area contributed by atoms with Crippen LogP contribution in [0.4, 0.5) is 0 Å². The number of imide groups is 1. The summed E-state index contributed by atoms with van der Waals surface area (Å²) in [6.07, 6.45) is 4.56. The van der Waals surface area contributed by atoms with Crippen molar-refractivity contribution in [2.45, 2.75) is 63.3 Å². The molecule has 2 fully saturated rings. The zero-order valence-corrected chi connectivity index (χ0v) is 17.8. The first-order chi connectivity index (χ1) is 15.6. The Morgan fingerprint density at radius 3 is 2.28 bits per heavy atom. The van der Waals surface area contributed by atoms with Crippen LogP contribution < -0.4 is 14.8 Å². The summed E-state index contributed by atoms with van der Waals surface area (Å²) < 4.78 is 12.5. The third-order valence-electron chi connectivity index (χ3n) is 6.46. The fraction of sp³-hybridized carbons (Fsp3) is 0.400. The van der Waals surface area contributed by atoms with E-state index in [1.165, 1.54) is 0 Å². The van der Waals surface area contributed by atoms with Crippen LogP contribution in [0.2, 0.25) is 0 Å². The second-order valence-electron chi connectivity index (χ2n) is 8.63. The van der Waals surface area contributed by atoms with Crippen molar-refractivity contribution in [3.8, 4) is 11.5 Å². The summed E-state index contributed by atoms with van der Waals surface area (Å²) >= 11 is 0. The summed E-state index contributed by atoms with van der Waals surface area (Å²) in [7, 11) is 0. The van der Waals surface area contributed by atoms with Crippen molar-refractivity contribution in [1.29, 1.82) is 0 Å². The van der Waals surface area contributed by atoms with Crippen LogP contribution in [0.15, 0.2) is 48.5 Å². The Hall–Kier alpha value is -3.35. The Morgan fingerprint density at radius 1 is 0.844 bits per heavy atom. The maximum atomic E-state index is 12.9. The van der Waals surface area contributed by atoms with Crippen LogP contribution in [0.5, 0.6) is 11.5 Å². The monoisotopic (exact) mass is 434 g/mol. The number of hydrogen-bond acceptors (Lipinski definition) is 5. The number of para-hydroxylation sites is 1. The van der Waals surface area contributed by atoms with Gasteiger partial charge < -0.3 is 14.4 Å². The van der Waals surface area contributed by atoms with E-state index >= 15 is 0 Å². The highest BCUT2D eigenvalue weighted by Gasteiger charge is 2.39. The molecule has 0 spiro atoms. The van der Waals surface area contributed by atoms with Crippen molar-refractivity contribution < 1.29 is 23.9 Å². The van der Waals surface area contributed by atoms with Crippen LogP contribution >= 0.6 is 0 Å². The number of nitrogens with zero attached hydrogens (tertiary/aromatic N) is 1. The predicted octanol–water partition coefficient (Wildman–Crippen LogP) is 3.22. The van der Waals surface area contributed by atoms with Crippen LogP contribution in [-0.2, 0) is 16.1 Å². The second-order valence-corrected chi connectivity index (χ2v) is 8.63. The summed E-state index contributed by atoms with van der Waals surface area (Å²) in [4.78, 5) is 38.1. The molecule has 2 aromatic carbocycles. The van der Waals surface area contributed by atoms with Gasteiger partial charge in [-0.1, -0.05) is 18.2 Å². The van der Waals surface area contributed by atoms with Crippen LogP contribution in [0.1, 0.15) is 54.4 Å². The molecule has 0 aromatic heterocycles. The molecule has 7 nitrogen and oxygen atoms in total. The van der Waals surface area contributed by atoms with E-state index in [0.29, 0.717) is 24.3 Å². The third-order valence-corrected chi connectivity index (χ3v) is 6.46. The van der Waals surface area contributed by atoms with Crippen molar-refractivity contribution in [3.63, 3.8) is 0 Å². The molecule has 2 aliphatic heterocycles. The van der Waals surface area contributed by atoms with Crippen molar-refractivity contribution >= 4 is 17.7 Å². The van der Waals surface area contributed by atoms with Crippen molar-refractivity contribution in [2.24, 2.45) is 0 Å². The molecule has 3 amide bonds. The van der Waals surface area contributed by atoms with Gasteiger partial charge in [0.2, 0.25) is 11.8 Å². The van der Waals surface area contributed by atoms with E-state index in [0.717, 1.165) is 37.0 Å². The molecule has 2 heterocycles. The van der Waals surface area contributed by atoms with E-state index in [1.807, 2.05) is 42.5 Å². The van der Waals surface area contributed by atoms with Gasteiger partial charge in [0, 0.05) is 18.5 Å². The summed E-state index contributed by atoms with van der Waals surface area (Å²) in [5, 5.41) is 2.33. The summed E-state index contributed by atoms with van der Waals surface area (Å²) in [6, 6.07) is 14.7. The Morgan fingerprint density at radius 2 is 1.56 bits per heavy atom. The predicted molar refractivity (Wildman–Crippen MR) is 116 cm³/mol. The van der Waals surface area contributed by atoms with Gasteiger partial charge in [-0.05, 0) is 68.0 Å². The van der Waals surface area contributed by atoms with Gasteiger partial charge in [0.25, 0.3) is 5.91 Å². The molecule has 32 heavy (non-hydrogen) atoms. The minimum Gasteiger partial charge on any atom is -0.487 e. The lowest BCUT2D eigenvalue weighted by Crippen LogP contribution is -2.52. The Kier molecular flexibility index (Phi) is 5.55. The lowest BCUT2D eigenvalue weighted by Gasteiger charge is -2.32. The number of nitrogens with one attached hydrogen (secondary N) is 1. The molecule has 1 saturated heterocycles. The smallest absolute Gasteiger partial charge is 0.255 e. The number of ether oxygens (including phenoxy) is 2. The average molecular weight is 434 g/mol. The van der Waals surface area contributed by atoms with Crippen LogP contribution in [-0.4, -0.2) is 40.9 Å². The molecule has 1 N–H and O–H groups in total. The molecular weight excluding hydrogens is 408 g/mol. The number of amides is 3. The first-order valence-electron chi connectivity index (χ1n) is 11.2. The quantitative estimate of drug-likeness (QED) is 0.731. The zero-order valence-electron chi connectivity index (χ0n) is 17.8. The van der Waals surface area contributed by atoms with E-state index < -0.39 is 11.9 Å². The fourth-order valence-electron chi connectivity index (χ4n) is 4.81. The summed E-state index contributed by atoms with van der Waals surface area (Å²) in [6.45, 7) is 0.340. The SMILES string of the molecule is O=C1CCC(N2Cc3cc(O[C@@H]4CCCC[C@@H]4Oc4ccccc4)ccc3C2=O)C(=O)N1. The van der Waals surface area contributed by atoms with Crippen LogP contribution in [0.3, 0.4) is 0 Å². The topological polar surface area (TPSA) is 84.9 Å². The molecular formula is C25H26N2O5. The normalized spacial score (nSPS) is 25.3. The Bertz CT molecular complexity index is 1040. The van der Waals surface area contributed by atoms with Crippen LogP contribution in [0.25, 0.3) is 0 Å². The number of rotatable bonds is 5. The third kappa shape index (κ3) is 4.07. The van der Waals surface area contributed by atoms with Gasteiger partial charge in [-0.25, -0.2) is 0 Å². The minimum atomic E-state index is -0.612. The molecule has 2 aromatic rings. The minimum absolute atomic E-state index is 0.0268. The average Bonchev–Trinajstić information content (AvgIpc) is 3.11. The van der Waals surface area contributed by atoms with Gasteiger partial charge in [-0.15, -0.1) is 0 Å². The van der Waals surface area contributed by atoms with E-state index in [1.54, 1.807) is 11.0 Å². The van der Waals surface area contributed by atoms with Gasteiger partial charge in [0.15, 0.2) is 0 Å². The maximum absolute atomic E-state index is 12.9. The Balaban J connectivity index is 1.29. The standard InChI is InChI=1S/C25H26N2O5/c28-23-13-12-20(24(29)26-23)27-15-16-14-18(10-11-19(16)25(27)30)32-22-9-5-4-8-21(22)31-17-6-2-1-3-7-17/h1-3,6-7,10-11,14,20-22H,4-5,8-9,12-13,15H2,(H,26,28,29)/t20?,21-,22+/m0/s1. The first-order valence-corrected chi connectivity index (χ1v) is 11.2. The molecule has 3 aliphatic rings. The maximum Gasteiger partial charge on any atom is 0.255 e. The van der Waals surface area contributed by atoms with Gasteiger partial charge in [0.1, 0.15) is 29.7 Å². The number of benzene rings is 2. The zero-order chi connectivity index (χ0) is 22.1. The molecule has 0 bridgehead atoms. The number of carbonyl (C=O) groups excluding carboxylic acids is 3. The highest BCUT2D eigenvalue weighted by Crippen LogP contribution is 2.32. The molecule has 3 atom stereocenters. The number of piperidine rings is 1. The van der Waals surface area contributed by atoms with Crippen molar-refractivity contribution in [1.82, 2.24) is 10.2 Å². The van der Waals surface area contributed by atoms with Gasteiger partial charge in [0.05, 0.1) is 0 Å². The lowest BCUT2D eigenvalue weighted by atomic mass is 9.94. The van der Waals surface area contributed by atoms with Gasteiger partial charge in [-0.2, -0.15) is 0 Å². The second kappa shape index (κ2) is 8.65. The van der Waals surface area contributed by atoms with E-state index in [2.05, 4.69) is 5.32 Å². The highest BCUT2D eigenvalue weighted by molar-refractivity contribution is 6.05. The lowest BCUT2D eigenvalue weighted by molar-refractivity contribution is -0.136. The fourth-order valence-corrected chi connectivity index (χ4v) is 4.81. The van der Waals surface area contributed by atoms with E-state index in [-0.39, 0.29) is 30.4 Å². The number of fused-ring (bicyclic) bond motifs is 1. The van der Waals surface area contributed by atoms with Crippen molar-refractivity contribution in [3.05, 3.63) is 59.7 Å². The largest absolute Gasteiger partial charge is 0.487 e. The molecule has 7 heteroatoms. The molecule has 1 saturated carbocycles. The van der Waals surface area contributed by atoms with E-state index in [9.17, 15) is 14.4 Å².